The van der Waals surface area contributed by atoms with Gasteiger partial charge < -0.3 is 4.57 Å². The van der Waals surface area contributed by atoms with Crippen molar-refractivity contribution in [1.82, 2.24) is 4.98 Å². The minimum atomic E-state index is -2.17. The molecule has 1 aromatic rings. The molecule has 1 rings (SSSR count). The van der Waals surface area contributed by atoms with Gasteiger partial charge in [0.1, 0.15) is 12.3 Å². The molecular formula is C7H9ClNOP. The highest BCUT2D eigenvalue weighted by Gasteiger charge is 2.10. The van der Waals surface area contributed by atoms with Crippen molar-refractivity contribution in [2.45, 2.75) is 0 Å². The molecule has 0 bridgehead atoms. The van der Waals surface area contributed by atoms with Crippen molar-refractivity contribution >= 4 is 24.0 Å². The molecule has 0 aliphatic rings. The van der Waals surface area contributed by atoms with Gasteiger partial charge in [0, 0.05) is 11.5 Å². The van der Waals surface area contributed by atoms with Crippen LogP contribution in [0.5, 0.6) is 0 Å². The van der Waals surface area contributed by atoms with Gasteiger partial charge in [-0.3, -0.25) is 0 Å². The Hall–Kier alpha value is -0.330. The van der Waals surface area contributed by atoms with E-state index in [0.29, 0.717) is 5.15 Å². The van der Waals surface area contributed by atoms with Gasteiger partial charge in [0.25, 0.3) is 0 Å². The highest BCUT2D eigenvalue weighted by atomic mass is 35.5. The zero-order valence-corrected chi connectivity index (χ0v) is 8.06. The maximum atomic E-state index is 11.5. The van der Waals surface area contributed by atoms with Crippen molar-refractivity contribution in [3.63, 3.8) is 0 Å². The van der Waals surface area contributed by atoms with E-state index in [1.54, 1.807) is 31.7 Å². The first kappa shape index (κ1) is 8.76. The minimum Gasteiger partial charge on any atom is -0.319 e. The van der Waals surface area contributed by atoms with Crippen LogP contribution in [0, 0.1) is 0 Å². The van der Waals surface area contributed by atoms with Crippen LogP contribution in [-0.2, 0) is 4.57 Å². The maximum absolute atomic E-state index is 11.5. The Kier molecular flexibility index (Phi) is 2.36. The summed E-state index contributed by atoms with van der Waals surface area (Å²) >= 11 is 5.62. The van der Waals surface area contributed by atoms with E-state index in [-0.39, 0.29) is 0 Å². The normalized spacial score (nSPS) is 11.5. The fourth-order valence-electron chi connectivity index (χ4n) is 0.727. The number of hydrogen-bond donors (Lipinski definition) is 0. The van der Waals surface area contributed by atoms with Gasteiger partial charge in [0.05, 0.1) is 0 Å². The number of nitrogens with zero attached hydrogens (tertiary/aromatic N) is 1. The van der Waals surface area contributed by atoms with Gasteiger partial charge in [-0.1, -0.05) is 11.6 Å². The molecule has 0 aliphatic heterocycles. The van der Waals surface area contributed by atoms with Crippen LogP contribution in [0.4, 0.5) is 0 Å². The highest BCUT2D eigenvalue weighted by molar-refractivity contribution is 7.70. The first-order valence-corrected chi connectivity index (χ1v) is 6.15. The van der Waals surface area contributed by atoms with E-state index in [2.05, 4.69) is 4.98 Å². The highest BCUT2D eigenvalue weighted by Crippen LogP contribution is 2.34. The molecule has 11 heavy (non-hydrogen) atoms. The van der Waals surface area contributed by atoms with Crippen molar-refractivity contribution in [2.75, 3.05) is 13.3 Å². The summed E-state index contributed by atoms with van der Waals surface area (Å²) < 4.78 is 11.5. The SMILES string of the molecule is CP(C)(=O)c1ccnc(Cl)c1. The molecule has 0 radical (unpaired) electrons. The molecule has 1 heterocycles. The molecule has 0 aliphatic carbocycles. The fraction of sp³-hybridized carbons (Fsp3) is 0.286. The number of halogens is 1. The van der Waals surface area contributed by atoms with Crippen molar-refractivity contribution < 1.29 is 4.57 Å². The lowest BCUT2D eigenvalue weighted by molar-refractivity contribution is 0.588. The topological polar surface area (TPSA) is 30.0 Å². The van der Waals surface area contributed by atoms with Crippen molar-refractivity contribution in [2.24, 2.45) is 0 Å². The van der Waals surface area contributed by atoms with Gasteiger partial charge in [-0.2, -0.15) is 0 Å². The molecule has 4 heteroatoms. The first-order valence-electron chi connectivity index (χ1n) is 3.17. The second-order valence-electron chi connectivity index (χ2n) is 2.69. The van der Waals surface area contributed by atoms with Crippen LogP contribution >= 0.6 is 18.7 Å². The van der Waals surface area contributed by atoms with E-state index in [1.165, 1.54) is 0 Å². The Labute approximate surface area is 71.0 Å². The Bertz CT molecular complexity index is 307. The van der Waals surface area contributed by atoms with Crippen LogP contribution < -0.4 is 5.30 Å². The second kappa shape index (κ2) is 2.96. The third-order valence-corrected chi connectivity index (χ3v) is 3.06. The molecule has 1 aromatic heterocycles. The van der Waals surface area contributed by atoms with E-state index in [0.717, 1.165) is 5.30 Å². The predicted molar refractivity (Wildman–Crippen MR) is 48.3 cm³/mol. The molecular weight excluding hydrogens is 181 g/mol. The van der Waals surface area contributed by atoms with Crippen molar-refractivity contribution in [3.05, 3.63) is 23.5 Å². The number of hydrogen-bond acceptors (Lipinski definition) is 2. The molecule has 0 amide bonds. The molecule has 60 valence electrons. The fourth-order valence-corrected chi connectivity index (χ4v) is 1.84. The summed E-state index contributed by atoms with van der Waals surface area (Å²) in [6, 6.07) is 3.37. The predicted octanol–water partition coefficient (Wildman–Crippen LogP) is 1.98. The number of rotatable bonds is 1. The molecule has 0 N–H and O–H groups in total. The molecule has 0 unspecified atom stereocenters. The lowest BCUT2D eigenvalue weighted by Gasteiger charge is -2.05. The van der Waals surface area contributed by atoms with Crippen LogP contribution in [0.1, 0.15) is 0 Å². The minimum absolute atomic E-state index is 0.395. The average Bonchev–Trinajstić information content (AvgIpc) is 1.86. The van der Waals surface area contributed by atoms with E-state index in [1.807, 2.05) is 0 Å². The first-order chi connectivity index (χ1) is 5.00. The molecule has 2 nitrogen and oxygen atoms in total. The Morgan fingerprint density at radius 1 is 1.55 bits per heavy atom. The Morgan fingerprint density at radius 2 is 2.18 bits per heavy atom. The van der Waals surface area contributed by atoms with Crippen LogP contribution in [0.15, 0.2) is 18.3 Å². The zero-order chi connectivity index (χ0) is 8.48. The molecule has 0 spiro atoms. The summed E-state index contributed by atoms with van der Waals surface area (Å²) in [5.41, 5.74) is 0. The van der Waals surface area contributed by atoms with E-state index in [4.69, 9.17) is 11.6 Å². The summed E-state index contributed by atoms with van der Waals surface area (Å²) in [7, 11) is -2.17. The van der Waals surface area contributed by atoms with Crippen LogP contribution in [0.2, 0.25) is 5.15 Å². The molecule has 0 atom stereocenters. The quantitative estimate of drug-likeness (QED) is 0.500. The summed E-state index contributed by atoms with van der Waals surface area (Å²) in [5.74, 6) is 0. The summed E-state index contributed by atoms with van der Waals surface area (Å²) in [6.07, 6.45) is 1.57. The molecule has 0 saturated carbocycles. The third kappa shape index (κ3) is 2.32. The third-order valence-electron chi connectivity index (χ3n) is 1.33. The monoisotopic (exact) mass is 189 g/mol. The number of pyridine rings is 1. The zero-order valence-electron chi connectivity index (χ0n) is 6.41. The summed E-state index contributed by atoms with van der Waals surface area (Å²) in [6.45, 7) is 3.41. The number of aromatic nitrogens is 1. The lowest BCUT2D eigenvalue weighted by atomic mass is 10.5. The average molecular weight is 190 g/mol. The van der Waals surface area contributed by atoms with Gasteiger partial charge in [-0.25, -0.2) is 4.98 Å². The van der Waals surface area contributed by atoms with Crippen molar-refractivity contribution in [1.29, 1.82) is 0 Å². The largest absolute Gasteiger partial charge is 0.319 e. The Morgan fingerprint density at radius 3 is 2.55 bits per heavy atom. The van der Waals surface area contributed by atoms with Gasteiger partial charge in [-0.05, 0) is 25.5 Å². The molecule has 0 saturated heterocycles. The van der Waals surface area contributed by atoms with Gasteiger partial charge in [0.15, 0.2) is 0 Å². The van der Waals surface area contributed by atoms with E-state index < -0.39 is 7.14 Å². The maximum Gasteiger partial charge on any atom is 0.129 e. The van der Waals surface area contributed by atoms with Crippen molar-refractivity contribution in [3.8, 4) is 0 Å². The van der Waals surface area contributed by atoms with Gasteiger partial charge in [-0.15, -0.1) is 0 Å². The summed E-state index contributed by atoms with van der Waals surface area (Å²) in [5, 5.41) is 1.17. The van der Waals surface area contributed by atoms with E-state index in [9.17, 15) is 4.57 Å². The lowest BCUT2D eigenvalue weighted by Crippen LogP contribution is -2.02. The smallest absolute Gasteiger partial charge is 0.129 e. The van der Waals surface area contributed by atoms with Gasteiger partial charge >= 0.3 is 0 Å². The standard InChI is InChI=1S/C7H9ClNOP/c1-11(2,10)6-3-4-9-7(8)5-6/h3-5H,1-2H3. The second-order valence-corrected chi connectivity index (χ2v) is 6.29. The summed E-state index contributed by atoms with van der Waals surface area (Å²) in [4.78, 5) is 3.80. The van der Waals surface area contributed by atoms with Gasteiger partial charge in [0.2, 0.25) is 0 Å². The van der Waals surface area contributed by atoms with Crippen LogP contribution in [0.25, 0.3) is 0 Å². The van der Waals surface area contributed by atoms with Crippen LogP contribution in [-0.4, -0.2) is 18.3 Å². The molecule has 0 fully saturated rings. The van der Waals surface area contributed by atoms with Crippen LogP contribution in [0.3, 0.4) is 0 Å². The molecule has 0 aromatic carbocycles. The Balaban J connectivity index is 3.17. The van der Waals surface area contributed by atoms with E-state index >= 15 is 0 Å².